The third kappa shape index (κ3) is 4.39. The summed E-state index contributed by atoms with van der Waals surface area (Å²) in [5, 5.41) is 4.32. The Kier molecular flexibility index (Phi) is 5.12. The topological polar surface area (TPSA) is 59.7 Å². The fraction of sp³-hybridized carbons (Fsp3) is 0.571. The van der Waals surface area contributed by atoms with E-state index in [1.165, 1.54) is 0 Å². The fourth-order valence-corrected chi connectivity index (χ4v) is 2.23. The molecule has 2 aromatic rings. The maximum absolute atomic E-state index is 6.05. The predicted octanol–water partition coefficient (Wildman–Crippen LogP) is 2.83. The van der Waals surface area contributed by atoms with Crippen LogP contribution in [0.2, 0.25) is 5.28 Å². The highest BCUT2D eigenvalue weighted by atomic mass is 35.5. The van der Waals surface area contributed by atoms with Crippen LogP contribution in [0.4, 0.5) is 5.95 Å². The lowest BCUT2D eigenvalue weighted by Crippen LogP contribution is -2.33. The summed E-state index contributed by atoms with van der Waals surface area (Å²) in [4.78, 5) is 15.1. The Balaban J connectivity index is 2.35. The molecule has 0 atom stereocenters. The van der Waals surface area contributed by atoms with Crippen molar-refractivity contribution >= 4 is 17.5 Å². The Hall–Kier alpha value is -1.69. The van der Waals surface area contributed by atoms with Crippen molar-refractivity contribution in [3.05, 3.63) is 23.7 Å². The zero-order chi connectivity index (χ0) is 15.4. The van der Waals surface area contributed by atoms with Crippen LogP contribution >= 0.6 is 11.6 Å². The number of hydrogen-bond donors (Lipinski definition) is 0. The monoisotopic (exact) mass is 308 g/mol. The quantitative estimate of drug-likeness (QED) is 0.821. The first-order valence-corrected chi connectivity index (χ1v) is 7.50. The molecule has 0 aliphatic heterocycles. The maximum Gasteiger partial charge on any atom is 0.256 e. The summed E-state index contributed by atoms with van der Waals surface area (Å²) in [7, 11) is 0. The van der Waals surface area contributed by atoms with Gasteiger partial charge in [0, 0.05) is 25.5 Å². The molecule has 2 aromatic heterocycles. The summed E-state index contributed by atoms with van der Waals surface area (Å²) >= 11 is 6.05. The highest BCUT2D eigenvalue weighted by molar-refractivity contribution is 6.28. The lowest BCUT2D eigenvalue weighted by atomic mass is 10.1. The van der Waals surface area contributed by atoms with Crippen LogP contribution in [0.1, 0.15) is 27.7 Å². The molecule has 0 N–H and O–H groups in total. The summed E-state index contributed by atoms with van der Waals surface area (Å²) in [6, 6.07) is 1.82. The number of rotatable bonds is 6. The van der Waals surface area contributed by atoms with E-state index in [-0.39, 0.29) is 5.28 Å². The molecule has 0 fully saturated rings. The molecule has 0 aliphatic carbocycles. The van der Waals surface area contributed by atoms with Crippen molar-refractivity contribution < 1.29 is 0 Å². The Morgan fingerprint density at radius 1 is 1.10 bits per heavy atom. The first kappa shape index (κ1) is 15.7. The smallest absolute Gasteiger partial charge is 0.256 e. The van der Waals surface area contributed by atoms with E-state index < -0.39 is 0 Å². The Morgan fingerprint density at radius 3 is 2.29 bits per heavy atom. The Labute approximate surface area is 130 Å². The lowest BCUT2D eigenvalue weighted by molar-refractivity contribution is 0.542. The minimum atomic E-state index is 0.183. The Morgan fingerprint density at radius 2 is 1.76 bits per heavy atom. The second-order valence-corrected chi connectivity index (χ2v) is 6.19. The summed E-state index contributed by atoms with van der Waals surface area (Å²) < 4.78 is 1.58. The van der Waals surface area contributed by atoms with Crippen molar-refractivity contribution in [3.8, 4) is 5.95 Å². The molecule has 0 aliphatic rings. The van der Waals surface area contributed by atoms with Crippen molar-refractivity contribution in [2.45, 2.75) is 27.7 Å². The lowest BCUT2D eigenvalue weighted by Gasteiger charge is -2.26. The molecular weight excluding hydrogens is 288 g/mol. The van der Waals surface area contributed by atoms with Crippen LogP contribution in [-0.2, 0) is 0 Å². The van der Waals surface area contributed by atoms with Crippen molar-refractivity contribution in [1.29, 1.82) is 0 Å². The van der Waals surface area contributed by atoms with Crippen LogP contribution in [-0.4, -0.2) is 37.8 Å². The first-order chi connectivity index (χ1) is 9.95. The molecule has 2 heterocycles. The number of nitrogens with zero attached hydrogens (tertiary/aromatic N) is 6. The molecule has 0 radical (unpaired) electrons. The van der Waals surface area contributed by atoms with Crippen LogP contribution in [0, 0.1) is 11.8 Å². The average molecular weight is 309 g/mol. The molecule has 6 nitrogen and oxygen atoms in total. The van der Waals surface area contributed by atoms with Crippen molar-refractivity contribution in [2.24, 2.45) is 11.8 Å². The van der Waals surface area contributed by atoms with Crippen LogP contribution in [0.3, 0.4) is 0 Å². The van der Waals surface area contributed by atoms with Gasteiger partial charge in [-0.25, -0.2) is 4.68 Å². The number of hydrogen-bond acceptors (Lipinski definition) is 5. The van der Waals surface area contributed by atoms with E-state index in [9.17, 15) is 0 Å². The van der Waals surface area contributed by atoms with E-state index in [1.54, 1.807) is 17.1 Å². The van der Waals surface area contributed by atoms with Gasteiger partial charge in [-0.1, -0.05) is 27.7 Å². The summed E-state index contributed by atoms with van der Waals surface area (Å²) in [6.07, 6.45) is 3.46. The molecule has 0 amide bonds. The minimum Gasteiger partial charge on any atom is -0.340 e. The third-order valence-corrected chi connectivity index (χ3v) is 2.92. The molecule has 0 saturated heterocycles. The van der Waals surface area contributed by atoms with Gasteiger partial charge in [-0.3, -0.25) is 0 Å². The standard InChI is InChI=1S/C14H21ClN6/c1-10(2)8-20(9-11(3)4)13-17-12(15)18-14(19-13)21-7-5-6-16-21/h5-7,10-11H,8-9H2,1-4H3. The molecule has 7 heteroatoms. The van der Waals surface area contributed by atoms with Crippen molar-refractivity contribution in [3.63, 3.8) is 0 Å². The molecule has 114 valence electrons. The molecule has 0 saturated carbocycles. The van der Waals surface area contributed by atoms with Crippen LogP contribution in [0.15, 0.2) is 18.5 Å². The van der Waals surface area contributed by atoms with Gasteiger partial charge in [-0.15, -0.1) is 0 Å². The van der Waals surface area contributed by atoms with Gasteiger partial charge in [0.1, 0.15) is 0 Å². The van der Waals surface area contributed by atoms with Crippen LogP contribution < -0.4 is 4.90 Å². The van der Waals surface area contributed by atoms with Gasteiger partial charge < -0.3 is 4.90 Å². The van der Waals surface area contributed by atoms with Gasteiger partial charge in [0.05, 0.1) is 0 Å². The number of anilines is 1. The van der Waals surface area contributed by atoms with Crippen molar-refractivity contribution in [2.75, 3.05) is 18.0 Å². The molecule has 0 bridgehead atoms. The maximum atomic E-state index is 6.05. The Bertz CT molecular complexity index is 557. The van der Waals surface area contributed by atoms with Gasteiger partial charge in [0.25, 0.3) is 5.95 Å². The molecular formula is C14H21ClN6. The fourth-order valence-electron chi connectivity index (χ4n) is 2.08. The average Bonchev–Trinajstić information content (AvgIpc) is 2.90. The van der Waals surface area contributed by atoms with Gasteiger partial charge >= 0.3 is 0 Å². The second-order valence-electron chi connectivity index (χ2n) is 5.85. The highest BCUT2D eigenvalue weighted by Crippen LogP contribution is 2.16. The van der Waals surface area contributed by atoms with E-state index in [4.69, 9.17) is 11.6 Å². The zero-order valence-corrected chi connectivity index (χ0v) is 13.6. The predicted molar refractivity (Wildman–Crippen MR) is 83.8 cm³/mol. The van der Waals surface area contributed by atoms with Crippen LogP contribution in [0.25, 0.3) is 5.95 Å². The molecule has 2 rings (SSSR count). The van der Waals surface area contributed by atoms with E-state index >= 15 is 0 Å². The first-order valence-electron chi connectivity index (χ1n) is 7.12. The normalized spacial score (nSPS) is 11.4. The van der Waals surface area contributed by atoms with Crippen LogP contribution in [0.5, 0.6) is 0 Å². The summed E-state index contributed by atoms with van der Waals surface area (Å²) in [5.74, 6) is 2.05. The molecule has 21 heavy (non-hydrogen) atoms. The minimum absolute atomic E-state index is 0.183. The highest BCUT2D eigenvalue weighted by Gasteiger charge is 2.16. The van der Waals surface area contributed by atoms with E-state index in [0.717, 1.165) is 13.1 Å². The SMILES string of the molecule is CC(C)CN(CC(C)C)c1nc(Cl)nc(-n2cccn2)n1. The van der Waals surface area contributed by atoms with E-state index in [2.05, 4.69) is 52.6 Å². The molecule has 0 spiro atoms. The van der Waals surface area contributed by atoms with Gasteiger partial charge in [-0.05, 0) is 29.5 Å². The second kappa shape index (κ2) is 6.85. The van der Waals surface area contributed by atoms with Gasteiger partial charge in [0.15, 0.2) is 0 Å². The van der Waals surface area contributed by atoms with Gasteiger partial charge in [-0.2, -0.15) is 20.1 Å². The summed E-state index contributed by atoms with van der Waals surface area (Å²) in [6.45, 7) is 10.4. The third-order valence-electron chi connectivity index (χ3n) is 2.75. The molecule has 0 unspecified atom stereocenters. The van der Waals surface area contributed by atoms with E-state index in [0.29, 0.717) is 23.7 Å². The largest absolute Gasteiger partial charge is 0.340 e. The van der Waals surface area contributed by atoms with Crippen molar-refractivity contribution in [1.82, 2.24) is 24.7 Å². The zero-order valence-electron chi connectivity index (χ0n) is 12.9. The van der Waals surface area contributed by atoms with Gasteiger partial charge in [0.2, 0.25) is 11.2 Å². The molecule has 0 aromatic carbocycles. The number of halogens is 1. The van der Waals surface area contributed by atoms with E-state index in [1.807, 2.05) is 6.07 Å². The summed E-state index contributed by atoms with van der Waals surface area (Å²) in [5.41, 5.74) is 0. The number of aromatic nitrogens is 5.